The zero-order valence-electron chi connectivity index (χ0n) is 10.3. The maximum absolute atomic E-state index is 8.78. The Kier molecular flexibility index (Phi) is 3.20. The van der Waals surface area contributed by atoms with Crippen molar-refractivity contribution in [1.82, 2.24) is 9.97 Å². The van der Waals surface area contributed by atoms with E-state index in [0.717, 1.165) is 16.6 Å². The molecule has 0 aliphatic heterocycles. The van der Waals surface area contributed by atoms with Crippen LogP contribution in [0.25, 0.3) is 10.9 Å². The number of rotatable bonds is 2. The minimum absolute atomic E-state index is 0.617. The summed E-state index contributed by atoms with van der Waals surface area (Å²) in [7, 11) is 0. The standard InChI is InChI=1S/C15H9ClN4/c16-11-3-6-14-13(7-11)15(19-9-18-14)20-12-4-1-10(8-17)2-5-12/h1-7,9H,(H,18,19,20). The van der Waals surface area contributed by atoms with E-state index in [-0.39, 0.29) is 0 Å². The van der Waals surface area contributed by atoms with Crippen LogP contribution in [-0.4, -0.2) is 9.97 Å². The highest BCUT2D eigenvalue weighted by molar-refractivity contribution is 6.31. The normalized spacial score (nSPS) is 10.2. The van der Waals surface area contributed by atoms with Crippen LogP contribution in [0.2, 0.25) is 5.02 Å². The van der Waals surface area contributed by atoms with E-state index in [0.29, 0.717) is 16.4 Å². The Labute approximate surface area is 120 Å². The second-order valence-electron chi connectivity index (χ2n) is 4.20. The van der Waals surface area contributed by atoms with E-state index < -0.39 is 0 Å². The highest BCUT2D eigenvalue weighted by Crippen LogP contribution is 2.25. The Morgan fingerprint density at radius 3 is 2.60 bits per heavy atom. The van der Waals surface area contributed by atoms with Crippen LogP contribution < -0.4 is 5.32 Å². The summed E-state index contributed by atoms with van der Waals surface area (Å²) in [5, 5.41) is 13.5. The largest absolute Gasteiger partial charge is 0.340 e. The van der Waals surface area contributed by atoms with Gasteiger partial charge in [-0.1, -0.05) is 11.6 Å². The van der Waals surface area contributed by atoms with Crippen LogP contribution in [0.4, 0.5) is 11.5 Å². The van der Waals surface area contributed by atoms with Crippen LogP contribution in [0.5, 0.6) is 0 Å². The Morgan fingerprint density at radius 2 is 1.85 bits per heavy atom. The predicted molar refractivity (Wildman–Crippen MR) is 79.0 cm³/mol. The van der Waals surface area contributed by atoms with Gasteiger partial charge in [-0.3, -0.25) is 0 Å². The molecule has 5 heteroatoms. The number of nitriles is 1. The highest BCUT2D eigenvalue weighted by Gasteiger charge is 2.05. The van der Waals surface area contributed by atoms with Gasteiger partial charge < -0.3 is 5.32 Å². The lowest BCUT2D eigenvalue weighted by atomic mass is 10.2. The van der Waals surface area contributed by atoms with E-state index in [2.05, 4.69) is 21.4 Å². The molecule has 0 radical (unpaired) electrons. The fraction of sp³-hybridized carbons (Fsp3) is 0. The van der Waals surface area contributed by atoms with Crippen molar-refractivity contribution in [1.29, 1.82) is 5.26 Å². The van der Waals surface area contributed by atoms with Crippen molar-refractivity contribution < 1.29 is 0 Å². The fourth-order valence-corrected chi connectivity index (χ4v) is 2.07. The number of nitrogens with zero attached hydrogens (tertiary/aromatic N) is 3. The maximum atomic E-state index is 8.78. The van der Waals surface area contributed by atoms with Crippen molar-refractivity contribution in [3.8, 4) is 6.07 Å². The van der Waals surface area contributed by atoms with E-state index in [1.54, 1.807) is 18.2 Å². The zero-order chi connectivity index (χ0) is 13.9. The minimum atomic E-state index is 0.617. The lowest BCUT2D eigenvalue weighted by molar-refractivity contribution is 1.22. The summed E-state index contributed by atoms with van der Waals surface area (Å²) in [6.07, 6.45) is 1.50. The highest BCUT2D eigenvalue weighted by atomic mass is 35.5. The first kappa shape index (κ1) is 12.4. The molecule has 3 rings (SSSR count). The Bertz CT molecular complexity index is 806. The van der Waals surface area contributed by atoms with Crippen LogP contribution in [0.1, 0.15) is 5.56 Å². The second kappa shape index (κ2) is 5.16. The van der Waals surface area contributed by atoms with E-state index >= 15 is 0 Å². The van der Waals surface area contributed by atoms with Gasteiger partial charge in [-0.2, -0.15) is 5.26 Å². The fourth-order valence-electron chi connectivity index (χ4n) is 1.89. The molecule has 0 saturated carbocycles. The quantitative estimate of drug-likeness (QED) is 0.773. The van der Waals surface area contributed by atoms with E-state index in [1.165, 1.54) is 6.33 Å². The van der Waals surface area contributed by atoms with Crippen molar-refractivity contribution >= 4 is 34.0 Å². The second-order valence-corrected chi connectivity index (χ2v) is 4.63. The van der Waals surface area contributed by atoms with Crippen LogP contribution in [0.15, 0.2) is 48.8 Å². The van der Waals surface area contributed by atoms with Gasteiger partial charge in [0.05, 0.1) is 17.1 Å². The summed E-state index contributed by atoms with van der Waals surface area (Å²) >= 11 is 6.01. The summed E-state index contributed by atoms with van der Waals surface area (Å²) in [4.78, 5) is 8.44. The van der Waals surface area contributed by atoms with Crippen molar-refractivity contribution in [2.45, 2.75) is 0 Å². The molecule has 0 bridgehead atoms. The molecule has 0 aliphatic rings. The van der Waals surface area contributed by atoms with Crippen molar-refractivity contribution in [3.63, 3.8) is 0 Å². The van der Waals surface area contributed by atoms with Crippen molar-refractivity contribution in [2.75, 3.05) is 5.32 Å². The molecule has 4 nitrogen and oxygen atoms in total. The summed E-state index contributed by atoms with van der Waals surface area (Å²) in [5.41, 5.74) is 2.29. The number of anilines is 2. The average Bonchev–Trinajstić information content (AvgIpc) is 2.49. The lowest BCUT2D eigenvalue weighted by Gasteiger charge is -2.08. The maximum Gasteiger partial charge on any atom is 0.141 e. The molecule has 1 heterocycles. The number of fused-ring (bicyclic) bond motifs is 1. The first-order valence-corrected chi connectivity index (χ1v) is 6.31. The van der Waals surface area contributed by atoms with Crippen molar-refractivity contribution in [2.24, 2.45) is 0 Å². The molecule has 0 fully saturated rings. The van der Waals surface area contributed by atoms with Gasteiger partial charge in [-0.05, 0) is 42.5 Å². The third-order valence-electron chi connectivity index (χ3n) is 2.87. The van der Waals surface area contributed by atoms with Gasteiger partial charge in [0, 0.05) is 16.1 Å². The molecule has 1 N–H and O–H groups in total. The SMILES string of the molecule is N#Cc1ccc(Nc2ncnc3ccc(Cl)cc23)cc1. The van der Waals surface area contributed by atoms with Gasteiger partial charge in [0.2, 0.25) is 0 Å². The number of hydrogen-bond donors (Lipinski definition) is 1. The molecule has 0 spiro atoms. The molecule has 2 aromatic carbocycles. The third kappa shape index (κ3) is 2.40. The van der Waals surface area contributed by atoms with Gasteiger partial charge in [0.1, 0.15) is 12.1 Å². The Balaban J connectivity index is 2.01. The number of nitrogens with one attached hydrogen (secondary N) is 1. The van der Waals surface area contributed by atoms with Gasteiger partial charge in [0.25, 0.3) is 0 Å². The topological polar surface area (TPSA) is 61.6 Å². The predicted octanol–water partition coefficient (Wildman–Crippen LogP) is 3.90. The lowest BCUT2D eigenvalue weighted by Crippen LogP contribution is -1.96. The Hall–Kier alpha value is -2.64. The number of halogens is 1. The molecule has 3 aromatic rings. The molecule has 96 valence electrons. The van der Waals surface area contributed by atoms with Crippen LogP contribution >= 0.6 is 11.6 Å². The van der Waals surface area contributed by atoms with Crippen LogP contribution in [0.3, 0.4) is 0 Å². The third-order valence-corrected chi connectivity index (χ3v) is 3.11. The monoisotopic (exact) mass is 280 g/mol. The summed E-state index contributed by atoms with van der Waals surface area (Å²) < 4.78 is 0. The van der Waals surface area contributed by atoms with Gasteiger partial charge in [0.15, 0.2) is 0 Å². The summed E-state index contributed by atoms with van der Waals surface area (Å²) in [6.45, 7) is 0. The van der Waals surface area contributed by atoms with E-state index in [4.69, 9.17) is 16.9 Å². The first-order chi connectivity index (χ1) is 9.76. The number of hydrogen-bond acceptors (Lipinski definition) is 4. The molecule has 0 atom stereocenters. The molecule has 20 heavy (non-hydrogen) atoms. The summed E-state index contributed by atoms with van der Waals surface area (Å²) in [6, 6.07) is 14.7. The molecule has 0 saturated heterocycles. The smallest absolute Gasteiger partial charge is 0.141 e. The molecular formula is C15H9ClN4. The average molecular weight is 281 g/mol. The number of benzene rings is 2. The van der Waals surface area contributed by atoms with Gasteiger partial charge in [-0.15, -0.1) is 0 Å². The van der Waals surface area contributed by atoms with Gasteiger partial charge >= 0.3 is 0 Å². The van der Waals surface area contributed by atoms with Crippen molar-refractivity contribution in [3.05, 3.63) is 59.4 Å². The molecule has 0 unspecified atom stereocenters. The molecular weight excluding hydrogens is 272 g/mol. The molecule has 0 aliphatic carbocycles. The molecule has 1 aromatic heterocycles. The van der Waals surface area contributed by atoms with Crippen LogP contribution in [0, 0.1) is 11.3 Å². The van der Waals surface area contributed by atoms with Crippen LogP contribution in [-0.2, 0) is 0 Å². The summed E-state index contributed by atoms with van der Waals surface area (Å²) in [5.74, 6) is 0.683. The molecule has 0 amide bonds. The van der Waals surface area contributed by atoms with E-state index in [9.17, 15) is 0 Å². The van der Waals surface area contributed by atoms with Gasteiger partial charge in [-0.25, -0.2) is 9.97 Å². The Morgan fingerprint density at radius 1 is 1.05 bits per heavy atom. The zero-order valence-corrected chi connectivity index (χ0v) is 11.1. The number of aromatic nitrogens is 2. The first-order valence-electron chi connectivity index (χ1n) is 5.94. The minimum Gasteiger partial charge on any atom is -0.340 e. The van der Waals surface area contributed by atoms with E-state index in [1.807, 2.05) is 24.3 Å².